The van der Waals surface area contributed by atoms with Crippen molar-refractivity contribution in [2.45, 2.75) is 26.4 Å². The summed E-state index contributed by atoms with van der Waals surface area (Å²) in [6, 6.07) is 3.17. The Bertz CT molecular complexity index is 556. The Kier molecular flexibility index (Phi) is 8.34. The highest BCUT2D eigenvalue weighted by atomic mass is 35.5. The Morgan fingerprint density at radius 1 is 1.09 bits per heavy atom. The summed E-state index contributed by atoms with van der Waals surface area (Å²) in [6.45, 7) is 6.05. The SMILES string of the molecule is CC(C)(C)O/N=C/COc1c(Cl)cc(OCC=C(Cl)Cl)cc1Cl. The molecule has 0 aliphatic rings. The highest BCUT2D eigenvalue weighted by Gasteiger charge is 2.11. The van der Waals surface area contributed by atoms with Crippen molar-refractivity contribution in [2.24, 2.45) is 5.16 Å². The monoisotopic (exact) mass is 399 g/mol. The first-order valence-corrected chi connectivity index (χ1v) is 8.16. The van der Waals surface area contributed by atoms with E-state index < -0.39 is 0 Å². The molecule has 23 heavy (non-hydrogen) atoms. The van der Waals surface area contributed by atoms with E-state index in [2.05, 4.69) is 5.16 Å². The van der Waals surface area contributed by atoms with E-state index in [1.165, 1.54) is 12.3 Å². The topological polar surface area (TPSA) is 40.0 Å². The summed E-state index contributed by atoms with van der Waals surface area (Å²) in [6.07, 6.45) is 2.98. The molecule has 1 rings (SSSR count). The van der Waals surface area contributed by atoms with Crippen LogP contribution in [0.4, 0.5) is 0 Å². The van der Waals surface area contributed by atoms with Gasteiger partial charge in [-0.1, -0.05) is 51.6 Å². The number of hydrogen-bond donors (Lipinski definition) is 0. The fourth-order valence-electron chi connectivity index (χ4n) is 1.31. The van der Waals surface area contributed by atoms with E-state index in [0.29, 0.717) is 21.5 Å². The van der Waals surface area contributed by atoms with E-state index in [1.54, 1.807) is 12.1 Å². The Morgan fingerprint density at radius 3 is 2.22 bits per heavy atom. The minimum Gasteiger partial charge on any atom is -0.489 e. The third-order valence-electron chi connectivity index (χ3n) is 2.16. The molecule has 0 saturated heterocycles. The summed E-state index contributed by atoms with van der Waals surface area (Å²) in [5.74, 6) is 0.816. The van der Waals surface area contributed by atoms with E-state index in [4.69, 9.17) is 60.7 Å². The minimum atomic E-state index is -0.356. The molecular weight excluding hydrogens is 384 g/mol. The van der Waals surface area contributed by atoms with Gasteiger partial charge < -0.3 is 14.3 Å². The molecule has 0 aliphatic carbocycles. The third-order valence-corrected chi connectivity index (χ3v) is 3.03. The summed E-state index contributed by atoms with van der Waals surface area (Å²) in [4.78, 5) is 5.19. The molecule has 0 N–H and O–H groups in total. The van der Waals surface area contributed by atoms with Gasteiger partial charge in [-0.2, -0.15) is 0 Å². The Labute approximate surface area is 155 Å². The van der Waals surface area contributed by atoms with Gasteiger partial charge in [-0.3, -0.25) is 0 Å². The highest BCUT2D eigenvalue weighted by molar-refractivity contribution is 6.55. The lowest BCUT2D eigenvalue weighted by molar-refractivity contribution is 0.00128. The third kappa shape index (κ3) is 8.56. The van der Waals surface area contributed by atoms with E-state index in [0.717, 1.165) is 0 Å². The van der Waals surface area contributed by atoms with E-state index in [1.807, 2.05) is 20.8 Å². The number of nitrogens with zero attached hydrogens (tertiary/aromatic N) is 1. The standard InChI is InChI=1S/C15H17Cl4NO3/c1-15(2,3)23-20-5-7-22-14-11(16)8-10(9-12(14)17)21-6-4-13(18)19/h4-5,8-9H,6-7H2,1-3H3/b20-5+. The molecule has 4 nitrogen and oxygen atoms in total. The summed E-state index contributed by atoms with van der Waals surface area (Å²) in [7, 11) is 0. The number of benzene rings is 1. The van der Waals surface area contributed by atoms with Gasteiger partial charge in [0.2, 0.25) is 0 Å². The number of ether oxygens (including phenoxy) is 2. The normalized spacial score (nSPS) is 11.4. The van der Waals surface area contributed by atoms with Crippen LogP contribution in [0.15, 0.2) is 27.9 Å². The average Bonchev–Trinajstić information content (AvgIpc) is 2.39. The molecule has 0 bridgehead atoms. The molecule has 0 aliphatic heterocycles. The number of oxime groups is 1. The van der Waals surface area contributed by atoms with Crippen molar-refractivity contribution in [3.8, 4) is 11.5 Å². The zero-order chi connectivity index (χ0) is 17.5. The molecule has 0 saturated carbocycles. The fourth-order valence-corrected chi connectivity index (χ4v) is 2.01. The quantitative estimate of drug-likeness (QED) is 0.424. The first-order valence-electron chi connectivity index (χ1n) is 6.65. The molecule has 0 unspecified atom stereocenters. The van der Waals surface area contributed by atoms with Gasteiger partial charge >= 0.3 is 0 Å². The first-order chi connectivity index (χ1) is 10.7. The number of hydrogen-bond acceptors (Lipinski definition) is 4. The second kappa shape index (κ2) is 9.48. The molecule has 8 heteroatoms. The lowest BCUT2D eigenvalue weighted by Gasteiger charge is -2.15. The van der Waals surface area contributed by atoms with Crippen LogP contribution < -0.4 is 9.47 Å². The lowest BCUT2D eigenvalue weighted by Crippen LogP contribution is -2.16. The second-order valence-electron chi connectivity index (χ2n) is 5.32. The van der Waals surface area contributed by atoms with Gasteiger partial charge in [-0.15, -0.1) is 0 Å². The van der Waals surface area contributed by atoms with E-state index in [-0.39, 0.29) is 23.3 Å². The van der Waals surface area contributed by atoms with Gasteiger partial charge in [0.25, 0.3) is 0 Å². The van der Waals surface area contributed by atoms with Crippen molar-refractivity contribution in [1.29, 1.82) is 0 Å². The van der Waals surface area contributed by atoms with Crippen LogP contribution in [0.5, 0.6) is 11.5 Å². The molecule has 0 heterocycles. The summed E-state index contributed by atoms with van der Waals surface area (Å²) < 4.78 is 11.0. The highest BCUT2D eigenvalue weighted by Crippen LogP contribution is 2.36. The molecule has 0 fully saturated rings. The Hall–Kier alpha value is -0.810. The average molecular weight is 401 g/mol. The van der Waals surface area contributed by atoms with Crippen LogP contribution in [0.3, 0.4) is 0 Å². The van der Waals surface area contributed by atoms with Crippen LogP contribution >= 0.6 is 46.4 Å². The predicted molar refractivity (Wildman–Crippen MR) is 96.6 cm³/mol. The van der Waals surface area contributed by atoms with Crippen LogP contribution in [0.1, 0.15) is 20.8 Å². The van der Waals surface area contributed by atoms with Crippen LogP contribution in [0, 0.1) is 0 Å². The first kappa shape index (κ1) is 20.2. The van der Waals surface area contributed by atoms with E-state index in [9.17, 15) is 0 Å². The van der Waals surface area contributed by atoms with Gasteiger partial charge in [0.15, 0.2) is 5.75 Å². The van der Waals surface area contributed by atoms with Gasteiger partial charge in [0.05, 0.1) is 16.3 Å². The minimum absolute atomic E-state index is 0.124. The molecule has 0 aromatic heterocycles. The molecule has 1 aromatic carbocycles. The van der Waals surface area contributed by atoms with Gasteiger partial charge in [0.1, 0.15) is 29.1 Å². The summed E-state index contributed by atoms with van der Waals surface area (Å²) >= 11 is 23.2. The van der Waals surface area contributed by atoms with Crippen molar-refractivity contribution in [1.82, 2.24) is 0 Å². The van der Waals surface area contributed by atoms with Crippen LogP contribution in [-0.4, -0.2) is 25.0 Å². The zero-order valence-electron chi connectivity index (χ0n) is 12.9. The predicted octanol–water partition coefficient (Wildman–Crippen LogP) is 5.87. The summed E-state index contributed by atoms with van der Waals surface area (Å²) in [5, 5.41) is 4.44. The Balaban J connectivity index is 2.62. The van der Waals surface area contributed by atoms with Crippen molar-refractivity contribution < 1.29 is 14.3 Å². The molecular formula is C15H17Cl4NO3. The smallest absolute Gasteiger partial charge is 0.157 e. The van der Waals surface area contributed by atoms with Crippen molar-refractivity contribution in [3.05, 3.63) is 32.7 Å². The summed E-state index contributed by atoms with van der Waals surface area (Å²) in [5.41, 5.74) is -0.356. The van der Waals surface area contributed by atoms with Crippen molar-refractivity contribution in [3.63, 3.8) is 0 Å². The van der Waals surface area contributed by atoms with Crippen LogP contribution in [0.2, 0.25) is 10.0 Å². The van der Waals surface area contributed by atoms with Crippen LogP contribution in [-0.2, 0) is 4.84 Å². The maximum atomic E-state index is 6.13. The fraction of sp³-hybridized carbons (Fsp3) is 0.400. The molecule has 128 valence electrons. The maximum absolute atomic E-state index is 6.13. The largest absolute Gasteiger partial charge is 0.489 e. The van der Waals surface area contributed by atoms with Gasteiger partial charge in [-0.25, -0.2) is 0 Å². The number of halogens is 4. The molecule has 0 amide bonds. The maximum Gasteiger partial charge on any atom is 0.157 e. The second-order valence-corrected chi connectivity index (χ2v) is 7.15. The molecule has 0 radical (unpaired) electrons. The van der Waals surface area contributed by atoms with Crippen molar-refractivity contribution in [2.75, 3.05) is 13.2 Å². The van der Waals surface area contributed by atoms with Gasteiger partial charge in [0, 0.05) is 12.1 Å². The Morgan fingerprint density at radius 2 is 1.70 bits per heavy atom. The van der Waals surface area contributed by atoms with E-state index >= 15 is 0 Å². The van der Waals surface area contributed by atoms with Gasteiger partial charge in [-0.05, 0) is 26.8 Å². The lowest BCUT2D eigenvalue weighted by atomic mass is 10.2. The zero-order valence-corrected chi connectivity index (χ0v) is 15.9. The molecule has 1 aromatic rings. The molecule has 0 atom stereocenters. The van der Waals surface area contributed by atoms with Crippen molar-refractivity contribution >= 4 is 52.6 Å². The molecule has 0 spiro atoms. The number of rotatable bonds is 7. The van der Waals surface area contributed by atoms with Crippen LogP contribution in [0.25, 0.3) is 0 Å².